The molecule has 0 heterocycles. The van der Waals surface area contributed by atoms with Crippen LogP contribution in [-0.2, 0) is 0 Å². The number of benzene rings is 13. The first-order valence-corrected chi connectivity index (χ1v) is 31.0. The third-order valence-electron chi connectivity index (χ3n) is 18.0. The van der Waals surface area contributed by atoms with Gasteiger partial charge in [0.05, 0.1) is 0 Å². The third-order valence-corrected chi connectivity index (χ3v) is 18.0. The topological polar surface area (TPSA) is 0 Å². The molecule has 13 aromatic carbocycles. The lowest BCUT2D eigenvalue weighted by atomic mass is 9.81. The third kappa shape index (κ3) is 10.6. The maximum atomic E-state index is 6.48. The Bertz CT molecular complexity index is 5820. The van der Waals surface area contributed by atoms with Gasteiger partial charge in [0.25, 0.3) is 0 Å². The lowest BCUT2D eigenvalue weighted by molar-refractivity contribution is 1.50. The fourth-order valence-electron chi connectivity index (χ4n) is 13.7. The predicted octanol–water partition coefficient (Wildman–Crippen LogP) is 20.4. The van der Waals surface area contributed by atoms with Crippen molar-refractivity contribution in [1.29, 1.82) is 0 Å². The molecule has 0 saturated heterocycles. The second-order valence-corrected chi connectivity index (χ2v) is 23.1. The van der Waals surface area contributed by atoms with Crippen LogP contribution in [-0.4, -0.2) is 0 Å². The molecule has 0 heteroatoms. The molecule has 0 aliphatic carbocycles. The van der Waals surface area contributed by atoms with Gasteiger partial charge in [-0.1, -0.05) is 217 Å². The molecule has 0 radical (unpaired) electrons. The van der Waals surface area contributed by atoms with E-state index in [0.717, 1.165) is 133 Å². The highest BCUT2D eigenvalue weighted by molar-refractivity contribution is 6.22. The monoisotopic (exact) mass is 1230 g/mol. The van der Waals surface area contributed by atoms with Gasteiger partial charge in [-0.15, -0.1) is 77.1 Å². The molecule has 442 valence electrons. The minimum atomic E-state index is 0.557. The van der Waals surface area contributed by atoms with Gasteiger partial charge >= 0.3 is 0 Å². The van der Waals surface area contributed by atoms with E-state index in [0.29, 0.717) is 66.8 Å². The van der Waals surface area contributed by atoms with Crippen molar-refractivity contribution in [1.82, 2.24) is 0 Å². The van der Waals surface area contributed by atoms with Crippen LogP contribution in [0.4, 0.5) is 0 Å². The summed E-state index contributed by atoms with van der Waals surface area (Å²) in [6.45, 7) is 0. The standard InChI is InChI=1S/C98H50/c1-13-63-35-29-45-83(77(63)19-7)69-51-53-89(87-49-33-39-67(17-5)81(87)23-11)95(61-69)73-56-74(96-62-70(84-46-30-36-64(14-2)78(84)20-8)52-54-90(96)88-50-34-40-68(18-6)82(88)24-12)60-76(59-73)98-93-43-27-25-41-91(93)97(92-42-26-28-44-94(92)98)75-57-71(85-47-31-37-65(15-3)79(85)21-9)55-72(58-75)86-48-32-38-66(16-4)80(86)22-10/h1-12,25-62H. The highest BCUT2D eigenvalue weighted by atomic mass is 14.3. The normalized spacial score (nSPS) is 10.3. The van der Waals surface area contributed by atoms with E-state index < -0.39 is 0 Å². The number of terminal acetylenes is 12. The molecule has 13 rings (SSSR count). The molecule has 0 spiro atoms. The summed E-state index contributed by atoms with van der Waals surface area (Å²) in [5.41, 5.74) is 23.2. The summed E-state index contributed by atoms with van der Waals surface area (Å²) in [4.78, 5) is 0. The second-order valence-electron chi connectivity index (χ2n) is 23.1. The number of hydrogen-bond donors (Lipinski definition) is 0. The van der Waals surface area contributed by atoms with Crippen LogP contribution in [0.25, 0.3) is 133 Å². The fraction of sp³-hybridized carbons (Fsp3) is 0. The first-order valence-electron chi connectivity index (χ1n) is 31.0. The van der Waals surface area contributed by atoms with E-state index >= 15 is 0 Å². The Kier molecular flexibility index (Phi) is 16.7. The summed E-state index contributed by atoms with van der Waals surface area (Å²) in [5.74, 6) is 34.5. The van der Waals surface area contributed by atoms with Crippen molar-refractivity contribution in [2.45, 2.75) is 0 Å². The Morgan fingerprint density at radius 1 is 0.153 bits per heavy atom. The number of rotatable bonds is 10. The molecule has 0 atom stereocenters. The van der Waals surface area contributed by atoms with Crippen LogP contribution in [0.15, 0.2) is 231 Å². The first kappa shape index (κ1) is 61.9. The van der Waals surface area contributed by atoms with Crippen molar-refractivity contribution < 1.29 is 0 Å². The average Bonchev–Trinajstić information content (AvgIpc) is 0.725. The van der Waals surface area contributed by atoms with E-state index in [4.69, 9.17) is 77.1 Å². The van der Waals surface area contributed by atoms with Crippen molar-refractivity contribution in [3.8, 4) is 259 Å². The van der Waals surface area contributed by atoms with Gasteiger partial charge in [-0.25, -0.2) is 0 Å². The highest BCUT2D eigenvalue weighted by Crippen LogP contribution is 2.50. The smallest absolute Gasteiger partial charge is 0.0477 e. The van der Waals surface area contributed by atoms with E-state index in [2.05, 4.69) is 180 Å². The van der Waals surface area contributed by atoms with Crippen LogP contribution in [0, 0.1) is 148 Å². The van der Waals surface area contributed by atoms with Crippen molar-refractivity contribution in [2.75, 3.05) is 0 Å². The largest absolute Gasteiger partial charge is 0.115 e. The summed E-state index contributed by atoms with van der Waals surface area (Å²) < 4.78 is 0. The van der Waals surface area contributed by atoms with Crippen molar-refractivity contribution in [3.05, 3.63) is 297 Å². The minimum Gasteiger partial charge on any atom is -0.115 e. The summed E-state index contributed by atoms with van der Waals surface area (Å²) >= 11 is 0. The molecule has 0 nitrogen and oxygen atoms in total. The zero-order valence-electron chi connectivity index (χ0n) is 52.9. The van der Waals surface area contributed by atoms with Gasteiger partial charge in [0, 0.05) is 66.8 Å². The summed E-state index contributed by atoms with van der Waals surface area (Å²) in [5, 5.41) is 3.79. The van der Waals surface area contributed by atoms with Crippen molar-refractivity contribution in [3.63, 3.8) is 0 Å². The quantitative estimate of drug-likeness (QED) is 0.0946. The summed E-state index contributed by atoms with van der Waals surface area (Å²) in [6.07, 6.45) is 75.4. The highest BCUT2D eigenvalue weighted by Gasteiger charge is 2.25. The van der Waals surface area contributed by atoms with E-state index in [1.54, 1.807) is 0 Å². The van der Waals surface area contributed by atoms with Crippen LogP contribution >= 0.6 is 0 Å². The van der Waals surface area contributed by atoms with Gasteiger partial charge in [0.2, 0.25) is 0 Å². The zero-order chi connectivity index (χ0) is 68.1. The Balaban J connectivity index is 1.20. The second kappa shape index (κ2) is 26.4. The minimum absolute atomic E-state index is 0.557. The van der Waals surface area contributed by atoms with Gasteiger partial charge in [-0.05, 0) is 218 Å². The lowest BCUT2D eigenvalue weighted by Gasteiger charge is -2.22. The van der Waals surface area contributed by atoms with E-state index in [1.807, 2.05) is 121 Å². The van der Waals surface area contributed by atoms with Crippen LogP contribution in [0.1, 0.15) is 66.8 Å². The molecule has 98 heavy (non-hydrogen) atoms. The van der Waals surface area contributed by atoms with Gasteiger partial charge in [0.1, 0.15) is 0 Å². The van der Waals surface area contributed by atoms with Gasteiger partial charge in [0.15, 0.2) is 0 Å². The molecule has 0 aromatic heterocycles. The molecule has 0 N–H and O–H groups in total. The summed E-state index contributed by atoms with van der Waals surface area (Å²) in [7, 11) is 0. The van der Waals surface area contributed by atoms with Crippen LogP contribution in [0.5, 0.6) is 0 Å². The van der Waals surface area contributed by atoms with Crippen LogP contribution in [0.3, 0.4) is 0 Å². The van der Waals surface area contributed by atoms with Crippen molar-refractivity contribution in [2.24, 2.45) is 0 Å². The molecule has 0 unspecified atom stereocenters. The maximum Gasteiger partial charge on any atom is 0.0477 e. The SMILES string of the molecule is C#Cc1cccc(-c2cc(-c3cccc(C#C)c3C#C)cc(-c3c4ccccc4c(-c4cc(-c5cc(-c6cccc(C#C)c6C#C)ccc5-c5cccc(C#C)c5C#C)cc(-c5cc(-c6cccc(C#C)c6C#C)ccc5-c5cccc(C#C)c5C#C)c4)c4ccccc34)c2)c1C#C. The summed E-state index contributed by atoms with van der Waals surface area (Å²) in [6, 6.07) is 77.1. The molecule has 0 saturated carbocycles. The lowest BCUT2D eigenvalue weighted by Crippen LogP contribution is -1.97. The zero-order valence-corrected chi connectivity index (χ0v) is 52.9. The van der Waals surface area contributed by atoms with Crippen LogP contribution < -0.4 is 0 Å². The predicted molar refractivity (Wildman–Crippen MR) is 411 cm³/mol. The Morgan fingerprint density at radius 2 is 0.378 bits per heavy atom. The van der Waals surface area contributed by atoms with E-state index in [9.17, 15) is 0 Å². The molecular weight excluding hydrogens is 1180 g/mol. The molecule has 13 aromatic rings. The molecular formula is C98H50. The van der Waals surface area contributed by atoms with E-state index in [-0.39, 0.29) is 0 Å². The first-order chi connectivity index (χ1) is 48.1. The van der Waals surface area contributed by atoms with Crippen LogP contribution in [0.2, 0.25) is 0 Å². The molecule has 0 bridgehead atoms. The van der Waals surface area contributed by atoms with E-state index in [1.165, 1.54) is 0 Å². The molecule has 0 amide bonds. The Hall–Kier alpha value is -14.9. The molecule has 0 aliphatic heterocycles. The van der Waals surface area contributed by atoms with Gasteiger partial charge in [-0.2, -0.15) is 0 Å². The Morgan fingerprint density at radius 3 is 0.633 bits per heavy atom. The molecule has 0 fully saturated rings. The van der Waals surface area contributed by atoms with Crippen molar-refractivity contribution >= 4 is 21.5 Å². The molecule has 0 aliphatic rings. The number of hydrogen-bond acceptors (Lipinski definition) is 0. The van der Waals surface area contributed by atoms with Gasteiger partial charge in [-0.3, -0.25) is 0 Å². The van der Waals surface area contributed by atoms with Gasteiger partial charge < -0.3 is 0 Å². The Labute approximate surface area is 574 Å². The fourth-order valence-corrected chi connectivity index (χ4v) is 13.7. The average molecular weight is 1230 g/mol. The maximum absolute atomic E-state index is 6.48. The number of fused-ring (bicyclic) bond motifs is 2.